The molecule has 0 bridgehead atoms. The van der Waals surface area contributed by atoms with Gasteiger partial charge in [-0.2, -0.15) is 0 Å². The van der Waals surface area contributed by atoms with Crippen molar-refractivity contribution in [2.75, 3.05) is 18.4 Å². The Morgan fingerprint density at radius 1 is 1.30 bits per heavy atom. The quantitative estimate of drug-likeness (QED) is 0.764. The molecule has 1 aromatic heterocycles. The van der Waals surface area contributed by atoms with Crippen LogP contribution in [0.2, 0.25) is 10.0 Å². The topological polar surface area (TPSA) is 65.2 Å². The van der Waals surface area contributed by atoms with E-state index in [1.54, 1.807) is 37.4 Å². The number of aromatic amines is 1. The molecule has 0 fully saturated rings. The van der Waals surface area contributed by atoms with E-state index in [9.17, 15) is 9.59 Å². The van der Waals surface area contributed by atoms with Crippen LogP contribution < -0.4 is 5.32 Å². The number of likely N-dealkylation sites (N-methyl/N-ethyl adjacent to an activating group) is 1. The number of carbonyl (C=O) groups excluding carboxylic acids is 2. The highest BCUT2D eigenvalue weighted by molar-refractivity contribution is 9.10. The van der Waals surface area contributed by atoms with Crippen molar-refractivity contribution in [1.29, 1.82) is 0 Å². The number of H-pyrrole nitrogens is 1. The summed E-state index contributed by atoms with van der Waals surface area (Å²) in [5.74, 6) is -0.639. The Hall–Kier alpha value is -1.50. The fourth-order valence-electron chi connectivity index (χ4n) is 1.96. The molecule has 2 aromatic rings. The summed E-state index contributed by atoms with van der Waals surface area (Å²) in [6, 6.07) is 6.60. The summed E-state index contributed by atoms with van der Waals surface area (Å²) in [5, 5.41) is 3.32. The van der Waals surface area contributed by atoms with Crippen LogP contribution in [0, 0.1) is 0 Å². The first-order valence-corrected chi connectivity index (χ1v) is 8.34. The molecule has 0 aliphatic rings. The fourth-order valence-corrected chi connectivity index (χ4v) is 2.79. The van der Waals surface area contributed by atoms with Crippen molar-refractivity contribution in [2.45, 2.75) is 6.92 Å². The third-order valence-electron chi connectivity index (χ3n) is 3.11. The van der Waals surface area contributed by atoms with Gasteiger partial charge in [0.05, 0.1) is 15.7 Å². The van der Waals surface area contributed by atoms with E-state index in [1.165, 1.54) is 4.90 Å². The van der Waals surface area contributed by atoms with E-state index in [4.69, 9.17) is 23.2 Å². The molecule has 1 heterocycles. The number of nitrogens with zero attached hydrogens (tertiary/aromatic N) is 1. The van der Waals surface area contributed by atoms with Crippen molar-refractivity contribution in [3.05, 3.63) is 50.7 Å². The molecule has 2 amide bonds. The highest BCUT2D eigenvalue weighted by atomic mass is 79.9. The molecule has 5 nitrogen and oxygen atoms in total. The molecule has 0 aliphatic carbocycles. The number of hydrogen-bond acceptors (Lipinski definition) is 2. The third kappa shape index (κ3) is 4.50. The molecule has 0 atom stereocenters. The van der Waals surface area contributed by atoms with Crippen molar-refractivity contribution in [1.82, 2.24) is 9.88 Å². The third-order valence-corrected chi connectivity index (χ3v) is 4.20. The Labute approximate surface area is 152 Å². The number of halogens is 3. The summed E-state index contributed by atoms with van der Waals surface area (Å²) in [4.78, 5) is 28.8. The minimum Gasteiger partial charge on any atom is -0.356 e. The maximum absolute atomic E-state index is 12.4. The summed E-state index contributed by atoms with van der Waals surface area (Å²) in [7, 11) is 0. The number of benzene rings is 1. The Bertz CT molecular complexity index is 713. The molecule has 0 radical (unpaired) electrons. The van der Waals surface area contributed by atoms with Gasteiger partial charge in [-0.25, -0.2) is 0 Å². The van der Waals surface area contributed by atoms with Crippen LogP contribution in [0.5, 0.6) is 0 Å². The maximum atomic E-state index is 12.4. The number of para-hydroxylation sites is 1. The van der Waals surface area contributed by atoms with Crippen molar-refractivity contribution in [3.63, 3.8) is 0 Å². The van der Waals surface area contributed by atoms with Crippen LogP contribution >= 0.6 is 39.1 Å². The predicted molar refractivity (Wildman–Crippen MR) is 95.2 cm³/mol. The monoisotopic (exact) mass is 417 g/mol. The molecular weight excluding hydrogens is 405 g/mol. The lowest BCUT2D eigenvalue weighted by atomic mass is 10.3. The van der Waals surface area contributed by atoms with E-state index < -0.39 is 0 Å². The zero-order valence-corrected chi connectivity index (χ0v) is 15.3. The van der Waals surface area contributed by atoms with Gasteiger partial charge in [-0.15, -0.1) is 0 Å². The molecule has 2 rings (SSSR count). The van der Waals surface area contributed by atoms with Crippen molar-refractivity contribution in [3.8, 4) is 0 Å². The summed E-state index contributed by atoms with van der Waals surface area (Å²) in [5.41, 5.74) is 0.745. The van der Waals surface area contributed by atoms with E-state index >= 15 is 0 Å². The van der Waals surface area contributed by atoms with Crippen LogP contribution in [0.3, 0.4) is 0 Å². The summed E-state index contributed by atoms with van der Waals surface area (Å²) in [6.45, 7) is 2.08. The normalized spacial score (nSPS) is 10.4. The highest BCUT2D eigenvalue weighted by Crippen LogP contribution is 2.29. The van der Waals surface area contributed by atoms with Gasteiger partial charge >= 0.3 is 0 Å². The summed E-state index contributed by atoms with van der Waals surface area (Å²) >= 11 is 15.3. The fraction of sp³-hybridized carbons (Fsp3) is 0.200. The minimum absolute atomic E-state index is 0.104. The average Bonchev–Trinajstić information content (AvgIpc) is 2.94. The maximum Gasteiger partial charge on any atom is 0.270 e. The van der Waals surface area contributed by atoms with Crippen molar-refractivity contribution >= 4 is 56.6 Å². The number of nitrogens with one attached hydrogen (secondary N) is 2. The molecule has 0 saturated carbocycles. The lowest BCUT2D eigenvalue weighted by molar-refractivity contribution is -0.116. The largest absolute Gasteiger partial charge is 0.356 e. The molecule has 2 N–H and O–H groups in total. The van der Waals surface area contributed by atoms with Crippen LogP contribution in [0.25, 0.3) is 0 Å². The molecule has 23 heavy (non-hydrogen) atoms. The minimum atomic E-state index is -0.374. The van der Waals surface area contributed by atoms with E-state index in [2.05, 4.69) is 26.2 Å². The van der Waals surface area contributed by atoms with Gasteiger partial charge in [-0.3, -0.25) is 9.59 Å². The first kappa shape index (κ1) is 17.8. The molecule has 0 aliphatic heterocycles. The van der Waals surface area contributed by atoms with Crippen LogP contribution in [0.15, 0.2) is 34.9 Å². The number of amides is 2. The van der Waals surface area contributed by atoms with Crippen LogP contribution in [-0.2, 0) is 4.79 Å². The molecule has 0 spiro atoms. The SMILES string of the molecule is CCN(CC(=O)Nc1c(Cl)cccc1Cl)C(=O)c1cc(Br)c[nH]1. The molecule has 1 aromatic carbocycles. The summed E-state index contributed by atoms with van der Waals surface area (Å²) in [6.07, 6.45) is 1.66. The van der Waals surface area contributed by atoms with Gasteiger partial charge in [0.2, 0.25) is 5.91 Å². The van der Waals surface area contributed by atoms with Crippen LogP contribution in [0.4, 0.5) is 5.69 Å². The van der Waals surface area contributed by atoms with Crippen LogP contribution in [0.1, 0.15) is 17.4 Å². The Balaban J connectivity index is 2.07. The predicted octanol–water partition coefficient (Wildman–Crippen LogP) is 4.18. The van der Waals surface area contributed by atoms with Crippen LogP contribution in [-0.4, -0.2) is 34.8 Å². The highest BCUT2D eigenvalue weighted by Gasteiger charge is 2.19. The van der Waals surface area contributed by atoms with E-state index in [-0.39, 0.29) is 18.4 Å². The van der Waals surface area contributed by atoms with Crippen molar-refractivity contribution < 1.29 is 9.59 Å². The van der Waals surface area contributed by atoms with Gasteiger partial charge in [-0.1, -0.05) is 29.3 Å². The molecule has 122 valence electrons. The number of aromatic nitrogens is 1. The second-order valence-electron chi connectivity index (χ2n) is 4.70. The Morgan fingerprint density at radius 2 is 1.96 bits per heavy atom. The summed E-state index contributed by atoms with van der Waals surface area (Å²) < 4.78 is 0.768. The number of hydrogen-bond donors (Lipinski definition) is 2. The van der Waals surface area contributed by atoms with E-state index in [1.807, 2.05) is 0 Å². The second kappa shape index (κ2) is 7.86. The van der Waals surface area contributed by atoms with Gasteiger partial charge in [0.15, 0.2) is 0 Å². The Kier molecular flexibility index (Phi) is 6.10. The van der Waals surface area contributed by atoms with E-state index in [0.717, 1.165) is 4.47 Å². The molecule has 0 saturated heterocycles. The zero-order valence-electron chi connectivity index (χ0n) is 12.2. The average molecular weight is 419 g/mol. The standard InChI is InChI=1S/C15H14BrCl2N3O2/c1-2-21(15(23)12-6-9(16)7-19-12)8-13(22)20-14-10(17)4-3-5-11(14)18/h3-7,19H,2,8H2,1H3,(H,20,22). The lowest BCUT2D eigenvalue weighted by Crippen LogP contribution is -2.38. The molecular formula is C15H14BrCl2N3O2. The molecule has 0 unspecified atom stereocenters. The van der Waals surface area contributed by atoms with E-state index in [0.29, 0.717) is 28.0 Å². The zero-order chi connectivity index (χ0) is 17.0. The van der Waals surface area contributed by atoms with Gasteiger partial charge in [0.25, 0.3) is 5.91 Å². The number of anilines is 1. The van der Waals surface area contributed by atoms with Gasteiger partial charge in [0, 0.05) is 17.2 Å². The second-order valence-corrected chi connectivity index (χ2v) is 6.43. The van der Waals surface area contributed by atoms with Gasteiger partial charge in [0.1, 0.15) is 12.2 Å². The van der Waals surface area contributed by atoms with Gasteiger partial charge in [-0.05, 0) is 41.1 Å². The molecule has 8 heteroatoms. The first-order valence-electron chi connectivity index (χ1n) is 6.79. The first-order chi connectivity index (χ1) is 10.9. The number of carbonyl (C=O) groups is 2. The Morgan fingerprint density at radius 3 is 2.48 bits per heavy atom. The van der Waals surface area contributed by atoms with Crippen molar-refractivity contribution in [2.24, 2.45) is 0 Å². The lowest BCUT2D eigenvalue weighted by Gasteiger charge is -2.20. The smallest absolute Gasteiger partial charge is 0.270 e. The van der Waals surface area contributed by atoms with Gasteiger partial charge < -0.3 is 15.2 Å². The number of rotatable bonds is 5.